The van der Waals surface area contributed by atoms with Crippen molar-refractivity contribution < 1.29 is 14.3 Å². The lowest BCUT2D eigenvalue weighted by molar-refractivity contribution is -0.136. The maximum absolute atomic E-state index is 13.2. The maximum Gasteiger partial charge on any atom is 0.340 e. The first-order valence-corrected chi connectivity index (χ1v) is 8.97. The predicted octanol–water partition coefficient (Wildman–Crippen LogP) is 4.77. The molecule has 0 saturated heterocycles. The van der Waals surface area contributed by atoms with Crippen molar-refractivity contribution in [3.63, 3.8) is 0 Å². The van der Waals surface area contributed by atoms with Gasteiger partial charge in [0.05, 0.1) is 24.3 Å². The van der Waals surface area contributed by atoms with E-state index in [0.29, 0.717) is 16.3 Å². The molecule has 0 bridgehead atoms. The average Bonchev–Trinajstić information content (AvgIpc) is 2.91. The van der Waals surface area contributed by atoms with E-state index in [9.17, 15) is 9.59 Å². The summed E-state index contributed by atoms with van der Waals surface area (Å²) < 4.78 is 4.94. The van der Waals surface area contributed by atoms with Crippen molar-refractivity contribution in [2.75, 3.05) is 7.11 Å². The zero-order chi connectivity index (χ0) is 19.6. The van der Waals surface area contributed by atoms with Crippen molar-refractivity contribution in [3.05, 3.63) is 87.6 Å². The fourth-order valence-electron chi connectivity index (χ4n) is 3.31. The first-order valence-electron chi connectivity index (χ1n) is 8.59. The number of hydrogen-bond acceptors (Lipinski definition) is 3. The number of nitrogens with zero attached hydrogens (tertiary/aromatic N) is 1. The highest BCUT2D eigenvalue weighted by Gasteiger charge is 2.39. The van der Waals surface area contributed by atoms with Gasteiger partial charge in [0.2, 0.25) is 0 Å². The van der Waals surface area contributed by atoms with E-state index in [1.54, 1.807) is 36.1 Å². The Labute approximate surface area is 163 Å². The third-order valence-electron chi connectivity index (χ3n) is 4.66. The third-order valence-corrected chi connectivity index (χ3v) is 4.90. The van der Waals surface area contributed by atoms with Crippen LogP contribution in [-0.2, 0) is 14.3 Å². The second kappa shape index (κ2) is 7.80. The Bertz CT molecular complexity index is 947. The molecule has 27 heavy (non-hydrogen) atoms. The van der Waals surface area contributed by atoms with Crippen LogP contribution in [0.2, 0.25) is 5.02 Å². The monoisotopic (exact) mass is 381 g/mol. The summed E-state index contributed by atoms with van der Waals surface area (Å²) in [6.07, 6.45) is 1.68. The number of ether oxygens (including phenoxy) is 1. The van der Waals surface area contributed by atoms with Crippen molar-refractivity contribution >= 4 is 29.6 Å². The molecule has 1 atom stereocenters. The Morgan fingerprint density at radius 2 is 1.85 bits per heavy atom. The molecule has 4 nitrogen and oxygen atoms in total. The summed E-state index contributed by atoms with van der Waals surface area (Å²) in [5.41, 5.74) is 2.90. The quantitative estimate of drug-likeness (QED) is 0.566. The second-order valence-electron chi connectivity index (χ2n) is 6.33. The summed E-state index contributed by atoms with van der Waals surface area (Å²) >= 11 is 6.05. The molecule has 0 fully saturated rings. The van der Waals surface area contributed by atoms with E-state index in [4.69, 9.17) is 16.3 Å². The molecule has 5 heteroatoms. The first kappa shape index (κ1) is 18.9. The normalized spacial score (nSPS) is 16.8. The van der Waals surface area contributed by atoms with E-state index in [1.165, 1.54) is 7.11 Å². The molecule has 0 saturated carbocycles. The topological polar surface area (TPSA) is 46.6 Å². The standard InChI is InChI=1S/C22H20ClNO3/c1-14(17-9-5-4-6-10-17)24-15(2)20(22(26)27-3)19(21(24)25)13-16-8-7-11-18(23)12-16/h4-14H,1-3H3/b19-13-/t14-/m1/s1. The first-order chi connectivity index (χ1) is 12.9. The molecule has 2 aromatic carbocycles. The highest BCUT2D eigenvalue weighted by molar-refractivity contribution is 6.30. The highest BCUT2D eigenvalue weighted by atomic mass is 35.5. The number of benzene rings is 2. The van der Waals surface area contributed by atoms with Crippen molar-refractivity contribution in [3.8, 4) is 0 Å². The van der Waals surface area contributed by atoms with E-state index in [1.807, 2.05) is 43.3 Å². The van der Waals surface area contributed by atoms with Crippen LogP contribution >= 0.6 is 11.6 Å². The van der Waals surface area contributed by atoms with Crippen molar-refractivity contribution in [2.24, 2.45) is 0 Å². The third kappa shape index (κ3) is 3.67. The van der Waals surface area contributed by atoms with Crippen LogP contribution in [0.25, 0.3) is 6.08 Å². The Morgan fingerprint density at radius 1 is 1.15 bits per heavy atom. The predicted molar refractivity (Wildman–Crippen MR) is 106 cm³/mol. The van der Waals surface area contributed by atoms with Gasteiger partial charge < -0.3 is 9.64 Å². The molecule has 0 N–H and O–H groups in total. The van der Waals surface area contributed by atoms with Crippen LogP contribution < -0.4 is 0 Å². The molecule has 1 aliphatic heterocycles. The minimum absolute atomic E-state index is 0.219. The molecular weight excluding hydrogens is 362 g/mol. The van der Waals surface area contributed by atoms with E-state index in [-0.39, 0.29) is 17.5 Å². The van der Waals surface area contributed by atoms with Gasteiger partial charge in [0.25, 0.3) is 5.91 Å². The van der Waals surface area contributed by atoms with Gasteiger partial charge in [-0.25, -0.2) is 4.79 Å². The number of hydrogen-bond donors (Lipinski definition) is 0. The molecule has 1 aliphatic rings. The average molecular weight is 382 g/mol. The van der Waals surface area contributed by atoms with Crippen LogP contribution in [-0.4, -0.2) is 23.9 Å². The molecule has 138 valence electrons. The summed E-state index contributed by atoms with van der Waals surface area (Å²) in [5, 5.41) is 0.560. The Morgan fingerprint density at radius 3 is 2.48 bits per heavy atom. The van der Waals surface area contributed by atoms with E-state index in [2.05, 4.69) is 0 Å². The molecular formula is C22H20ClNO3. The molecule has 1 heterocycles. The maximum atomic E-state index is 13.2. The Hall–Kier alpha value is -2.85. The molecule has 1 amide bonds. The summed E-state index contributed by atoms with van der Waals surface area (Å²) in [4.78, 5) is 27.3. The van der Waals surface area contributed by atoms with Gasteiger partial charge in [-0.1, -0.05) is 54.1 Å². The molecule has 0 unspecified atom stereocenters. The van der Waals surface area contributed by atoms with Gasteiger partial charge in [-0.05, 0) is 43.2 Å². The second-order valence-corrected chi connectivity index (χ2v) is 6.76. The van der Waals surface area contributed by atoms with Gasteiger partial charge in [0.15, 0.2) is 0 Å². The van der Waals surface area contributed by atoms with Gasteiger partial charge in [-0.2, -0.15) is 0 Å². The van der Waals surface area contributed by atoms with Crippen molar-refractivity contribution in [1.82, 2.24) is 4.90 Å². The van der Waals surface area contributed by atoms with Crippen molar-refractivity contribution in [2.45, 2.75) is 19.9 Å². The van der Waals surface area contributed by atoms with E-state index < -0.39 is 5.97 Å². The lowest BCUT2D eigenvalue weighted by atomic mass is 10.0. The number of esters is 1. The van der Waals surface area contributed by atoms with Crippen LogP contribution in [0.15, 0.2) is 71.4 Å². The SMILES string of the molecule is COC(=O)C1=C(C)N([C@H](C)c2ccccc2)C(=O)/C1=C\c1cccc(Cl)c1. The fraction of sp³-hybridized carbons (Fsp3) is 0.182. The molecule has 0 spiro atoms. The van der Waals surface area contributed by atoms with Crippen molar-refractivity contribution in [1.29, 1.82) is 0 Å². The van der Waals surface area contributed by atoms with Gasteiger partial charge >= 0.3 is 5.97 Å². The lowest BCUT2D eigenvalue weighted by Crippen LogP contribution is -2.28. The largest absolute Gasteiger partial charge is 0.465 e. The highest BCUT2D eigenvalue weighted by Crippen LogP contribution is 2.37. The van der Waals surface area contributed by atoms with Gasteiger partial charge in [-0.15, -0.1) is 0 Å². The Kier molecular flexibility index (Phi) is 5.47. The molecule has 2 aromatic rings. The number of allylic oxidation sites excluding steroid dienone is 1. The number of methoxy groups -OCH3 is 1. The van der Waals surface area contributed by atoms with E-state index >= 15 is 0 Å². The molecule has 3 rings (SSSR count). The number of rotatable bonds is 4. The summed E-state index contributed by atoms with van der Waals surface area (Å²) in [7, 11) is 1.31. The number of carbonyl (C=O) groups is 2. The smallest absolute Gasteiger partial charge is 0.340 e. The van der Waals surface area contributed by atoms with E-state index in [0.717, 1.165) is 11.1 Å². The Balaban J connectivity index is 2.09. The minimum atomic E-state index is -0.531. The van der Waals surface area contributed by atoms with Crippen LogP contribution in [0.3, 0.4) is 0 Å². The summed E-state index contributed by atoms with van der Waals surface area (Å²) in [6.45, 7) is 3.70. The molecule has 0 aliphatic carbocycles. The van der Waals surface area contributed by atoms with Gasteiger partial charge in [0, 0.05) is 10.7 Å². The zero-order valence-electron chi connectivity index (χ0n) is 15.4. The van der Waals surface area contributed by atoms with Crippen LogP contribution in [0.1, 0.15) is 31.0 Å². The van der Waals surface area contributed by atoms with Crippen LogP contribution in [0, 0.1) is 0 Å². The lowest BCUT2D eigenvalue weighted by Gasteiger charge is -2.26. The van der Waals surface area contributed by atoms with Gasteiger partial charge in [-0.3, -0.25) is 4.79 Å². The molecule has 0 aromatic heterocycles. The summed E-state index contributed by atoms with van der Waals surface area (Å²) in [6, 6.07) is 16.6. The number of amides is 1. The zero-order valence-corrected chi connectivity index (χ0v) is 16.2. The summed E-state index contributed by atoms with van der Waals surface area (Å²) in [5.74, 6) is -0.763. The van der Waals surface area contributed by atoms with Crippen LogP contribution in [0.5, 0.6) is 0 Å². The molecule has 0 radical (unpaired) electrons. The number of halogens is 1. The number of carbonyl (C=O) groups excluding carboxylic acids is 2. The van der Waals surface area contributed by atoms with Crippen LogP contribution in [0.4, 0.5) is 0 Å². The fourth-order valence-corrected chi connectivity index (χ4v) is 3.51. The minimum Gasteiger partial charge on any atom is -0.465 e. The van der Waals surface area contributed by atoms with Gasteiger partial charge in [0.1, 0.15) is 0 Å².